The lowest BCUT2D eigenvalue weighted by molar-refractivity contribution is -0.151. The van der Waals surface area contributed by atoms with Gasteiger partial charge in [-0.3, -0.25) is 19.3 Å². The Labute approximate surface area is 169 Å². The molecule has 5 rings (SSSR count). The first-order valence-electron chi connectivity index (χ1n) is 10.3. The van der Waals surface area contributed by atoms with Gasteiger partial charge in [-0.1, -0.05) is 18.2 Å². The second kappa shape index (κ2) is 6.29. The third-order valence-electron chi connectivity index (χ3n) is 7.74. The molecular formula is C22H26N2O5. The molecule has 7 heteroatoms. The molecule has 0 unspecified atom stereocenters. The second-order valence-electron chi connectivity index (χ2n) is 8.71. The van der Waals surface area contributed by atoms with Crippen molar-refractivity contribution in [3.63, 3.8) is 0 Å². The summed E-state index contributed by atoms with van der Waals surface area (Å²) in [4.78, 5) is 41.6. The van der Waals surface area contributed by atoms with Gasteiger partial charge in [0.25, 0.3) is 0 Å². The molecule has 3 fully saturated rings. The number of anilines is 1. The summed E-state index contributed by atoms with van der Waals surface area (Å²) in [5.74, 6) is -1.10. The van der Waals surface area contributed by atoms with E-state index in [2.05, 4.69) is 11.0 Å². The fraction of sp³-hybridized carbons (Fsp3) is 0.591. The number of benzene rings is 1. The summed E-state index contributed by atoms with van der Waals surface area (Å²) in [6.07, 6.45) is 1.72. The van der Waals surface area contributed by atoms with Crippen LogP contribution in [0.4, 0.5) is 5.69 Å². The smallest absolute Gasteiger partial charge is 0.311 e. The van der Waals surface area contributed by atoms with Crippen LogP contribution in [0.3, 0.4) is 0 Å². The van der Waals surface area contributed by atoms with Gasteiger partial charge in [0.1, 0.15) is 6.61 Å². The normalized spacial score (nSPS) is 36.5. The van der Waals surface area contributed by atoms with Crippen LogP contribution in [0.1, 0.15) is 32.3 Å². The molecule has 6 atom stereocenters. The van der Waals surface area contributed by atoms with Crippen molar-refractivity contribution in [2.24, 2.45) is 11.8 Å². The van der Waals surface area contributed by atoms with E-state index in [1.165, 1.54) is 14.0 Å². The van der Waals surface area contributed by atoms with Gasteiger partial charge in [-0.05, 0) is 36.9 Å². The lowest BCUT2D eigenvalue weighted by atomic mass is 9.58. The van der Waals surface area contributed by atoms with Gasteiger partial charge >= 0.3 is 11.9 Å². The van der Waals surface area contributed by atoms with Gasteiger partial charge in [0.15, 0.2) is 0 Å². The average Bonchev–Trinajstić information content (AvgIpc) is 3.31. The summed E-state index contributed by atoms with van der Waals surface area (Å²) in [6.45, 7) is 4.13. The van der Waals surface area contributed by atoms with Crippen LogP contribution in [0.5, 0.6) is 0 Å². The van der Waals surface area contributed by atoms with E-state index >= 15 is 0 Å². The van der Waals surface area contributed by atoms with Crippen molar-refractivity contribution >= 4 is 23.5 Å². The molecular weight excluding hydrogens is 372 g/mol. The third-order valence-corrected chi connectivity index (χ3v) is 7.74. The molecule has 2 saturated heterocycles. The Kier molecular flexibility index (Phi) is 4.04. The first-order chi connectivity index (χ1) is 13.9. The second-order valence-corrected chi connectivity index (χ2v) is 8.71. The standard InChI is InChI=1S/C22H26N2O5/c1-12(25)24-16-7-5-4-6-15(16)22-8-9-23-17(11-29-13(2)26)14(10-18(22)23)19(20(22)24)21(27)28-3/h4-7,14,17-20H,8-11H2,1-3H3/t14-,17+,18-,19+,20-,22+/m0/s1. The lowest BCUT2D eigenvalue weighted by Crippen LogP contribution is -2.61. The summed E-state index contributed by atoms with van der Waals surface area (Å²) in [5.41, 5.74) is 1.79. The van der Waals surface area contributed by atoms with Gasteiger partial charge in [0.05, 0.1) is 19.1 Å². The Balaban J connectivity index is 1.68. The summed E-state index contributed by atoms with van der Waals surface area (Å²) in [6, 6.07) is 8.00. The number of esters is 2. The fourth-order valence-electron chi connectivity index (χ4n) is 6.94. The van der Waals surface area contributed by atoms with E-state index in [9.17, 15) is 14.4 Å². The van der Waals surface area contributed by atoms with Gasteiger partial charge in [-0.25, -0.2) is 0 Å². The number of rotatable bonds is 3. The van der Waals surface area contributed by atoms with Crippen molar-refractivity contribution in [3.8, 4) is 0 Å². The SMILES string of the molecule is COC(=O)[C@@H]1[C@H]2C[C@@H]3N(CC[C@@]34c3ccccc3N(C(C)=O)[C@@H]14)[C@@H]2COC(C)=O. The van der Waals surface area contributed by atoms with Crippen molar-refractivity contribution in [2.45, 2.75) is 50.2 Å². The van der Waals surface area contributed by atoms with Crippen molar-refractivity contribution in [1.29, 1.82) is 0 Å². The molecule has 1 aromatic carbocycles. The molecule has 1 saturated carbocycles. The van der Waals surface area contributed by atoms with Gasteiger partial charge in [0.2, 0.25) is 5.91 Å². The van der Waals surface area contributed by atoms with E-state index in [1.54, 1.807) is 6.92 Å². The zero-order chi connectivity index (χ0) is 20.5. The maximum absolute atomic E-state index is 13.1. The molecule has 1 aromatic rings. The molecule has 0 radical (unpaired) electrons. The van der Waals surface area contributed by atoms with Crippen LogP contribution in [0.2, 0.25) is 0 Å². The highest BCUT2D eigenvalue weighted by Crippen LogP contribution is 2.65. The van der Waals surface area contributed by atoms with E-state index < -0.39 is 5.92 Å². The molecule has 0 aromatic heterocycles. The van der Waals surface area contributed by atoms with Crippen LogP contribution in [-0.4, -0.2) is 61.1 Å². The number of ether oxygens (including phenoxy) is 2. The minimum Gasteiger partial charge on any atom is -0.469 e. The van der Waals surface area contributed by atoms with Gasteiger partial charge in [0, 0.05) is 37.0 Å². The van der Waals surface area contributed by atoms with E-state index in [4.69, 9.17) is 9.47 Å². The van der Waals surface area contributed by atoms with Crippen LogP contribution < -0.4 is 4.90 Å². The number of carbonyl (C=O) groups excluding carboxylic acids is 3. The van der Waals surface area contributed by atoms with Crippen LogP contribution in [0.15, 0.2) is 24.3 Å². The minimum atomic E-state index is -0.446. The molecule has 154 valence electrons. The number of carbonyl (C=O) groups is 3. The molecule has 7 nitrogen and oxygen atoms in total. The van der Waals surface area contributed by atoms with Crippen molar-refractivity contribution in [2.75, 3.05) is 25.2 Å². The van der Waals surface area contributed by atoms with Gasteiger partial charge in [-0.2, -0.15) is 0 Å². The molecule has 3 heterocycles. The maximum Gasteiger partial charge on any atom is 0.311 e. The van der Waals surface area contributed by atoms with E-state index in [0.29, 0.717) is 0 Å². The van der Waals surface area contributed by atoms with Crippen LogP contribution in [0.25, 0.3) is 0 Å². The summed E-state index contributed by atoms with van der Waals surface area (Å²) < 4.78 is 10.6. The van der Waals surface area contributed by atoms with Crippen molar-refractivity contribution in [1.82, 2.24) is 4.90 Å². The van der Waals surface area contributed by atoms with Crippen LogP contribution >= 0.6 is 0 Å². The molecule has 3 aliphatic heterocycles. The average molecular weight is 398 g/mol. The number of hydrogen-bond donors (Lipinski definition) is 0. The molecule has 1 aliphatic carbocycles. The Morgan fingerprint density at radius 2 is 1.97 bits per heavy atom. The maximum atomic E-state index is 13.1. The monoisotopic (exact) mass is 398 g/mol. The Bertz CT molecular complexity index is 901. The highest BCUT2D eigenvalue weighted by atomic mass is 16.5. The highest BCUT2D eigenvalue weighted by Gasteiger charge is 2.72. The molecule has 0 N–H and O–H groups in total. The zero-order valence-corrected chi connectivity index (χ0v) is 17.0. The first kappa shape index (κ1) is 18.6. The molecule has 1 spiro atoms. The minimum absolute atomic E-state index is 0.0126. The Hall–Kier alpha value is -2.41. The fourth-order valence-corrected chi connectivity index (χ4v) is 6.94. The van der Waals surface area contributed by atoms with Crippen molar-refractivity contribution in [3.05, 3.63) is 29.8 Å². The predicted octanol–water partition coefficient (Wildman–Crippen LogP) is 1.49. The molecule has 29 heavy (non-hydrogen) atoms. The largest absolute Gasteiger partial charge is 0.469 e. The quantitative estimate of drug-likeness (QED) is 0.718. The van der Waals surface area contributed by atoms with Gasteiger partial charge in [-0.15, -0.1) is 0 Å². The number of hydrogen-bond acceptors (Lipinski definition) is 6. The topological polar surface area (TPSA) is 76.2 Å². The molecule has 2 bridgehead atoms. The number of amides is 1. The van der Waals surface area contributed by atoms with Gasteiger partial charge < -0.3 is 14.4 Å². The Morgan fingerprint density at radius 1 is 1.21 bits per heavy atom. The number of fused-ring (bicyclic) bond motifs is 2. The predicted molar refractivity (Wildman–Crippen MR) is 104 cm³/mol. The van der Waals surface area contributed by atoms with Crippen LogP contribution in [-0.2, 0) is 29.3 Å². The molecule has 4 aliphatic rings. The summed E-state index contributed by atoms with van der Waals surface area (Å²) in [7, 11) is 1.41. The summed E-state index contributed by atoms with van der Waals surface area (Å²) >= 11 is 0. The van der Waals surface area contributed by atoms with E-state index in [1.807, 2.05) is 23.1 Å². The number of nitrogens with zero attached hydrogens (tertiary/aromatic N) is 2. The number of methoxy groups -OCH3 is 1. The zero-order valence-electron chi connectivity index (χ0n) is 17.0. The highest BCUT2D eigenvalue weighted by molar-refractivity contribution is 5.97. The Morgan fingerprint density at radius 3 is 2.66 bits per heavy atom. The lowest BCUT2D eigenvalue weighted by Gasteiger charge is -2.47. The summed E-state index contributed by atoms with van der Waals surface area (Å²) in [5, 5.41) is 0. The van der Waals surface area contributed by atoms with E-state index in [0.717, 1.165) is 30.6 Å². The van der Waals surface area contributed by atoms with Crippen LogP contribution in [0, 0.1) is 11.8 Å². The number of para-hydroxylation sites is 1. The first-order valence-corrected chi connectivity index (χ1v) is 10.3. The van der Waals surface area contributed by atoms with E-state index in [-0.39, 0.29) is 53.9 Å². The molecule has 1 amide bonds. The van der Waals surface area contributed by atoms with Crippen molar-refractivity contribution < 1.29 is 23.9 Å². The third kappa shape index (κ3) is 2.25.